The third-order valence-corrected chi connectivity index (χ3v) is 2.23. The minimum atomic E-state index is -3.44. The molecule has 5 nitrogen and oxygen atoms in total. The van der Waals surface area contributed by atoms with Crippen molar-refractivity contribution in [3.63, 3.8) is 0 Å². The molecule has 0 amide bonds. The molecule has 6 heteroatoms. The van der Waals surface area contributed by atoms with E-state index < -0.39 is 10.0 Å². The molecule has 0 atom stereocenters. The van der Waals surface area contributed by atoms with Gasteiger partial charge in [-0.15, -0.1) is 0 Å². The lowest BCUT2D eigenvalue weighted by atomic mass is 10.2. The van der Waals surface area contributed by atoms with E-state index in [0.717, 1.165) is 0 Å². The van der Waals surface area contributed by atoms with Crippen LogP contribution in [0.3, 0.4) is 0 Å². The second-order valence-electron chi connectivity index (χ2n) is 2.67. The van der Waals surface area contributed by atoms with E-state index in [1.54, 1.807) is 0 Å². The highest BCUT2D eigenvalue weighted by Crippen LogP contribution is 2.08. The monoisotopic (exact) mass is 202 g/mol. The van der Waals surface area contributed by atoms with Gasteiger partial charge in [0, 0.05) is 6.20 Å². The van der Waals surface area contributed by atoms with Crippen LogP contribution in [0, 0.1) is 0 Å². The van der Waals surface area contributed by atoms with Crippen LogP contribution in [-0.4, -0.2) is 24.3 Å². The van der Waals surface area contributed by atoms with Gasteiger partial charge in [-0.25, -0.2) is 13.6 Å². The molecule has 0 bridgehead atoms. The van der Waals surface area contributed by atoms with Crippen molar-refractivity contribution in [2.75, 3.05) is 5.75 Å². The first-order valence-corrected chi connectivity index (χ1v) is 5.32. The molecule has 0 radical (unpaired) electrons. The quantitative estimate of drug-likeness (QED) is 0.698. The number of nitrogens with two attached hydrogens (primary N) is 1. The number of hydrogen-bond acceptors (Lipinski definition) is 4. The van der Waals surface area contributed by atoms with Crippen LogP contribution in [0.15, 0.2) is 18.5 Å². The summed E-state index contributed by atoms with van der Waals surface area (Å²) in [6, 6.07) is 1.46. The summed E-state index contributed by atoms with van der Waals surface area (Å²) in [6.07, 6.45) is 3.03. The molecule has 0 aromatic carbocycles. The highest BCUT2D eigenvalue weighted by atomic mass is 32.2. The van der Waals surface area contributed by atoms with Gasteiger partial charge in [0.15, 0.2) is 0 Å². The molecule has 0 aliphatic rings. The van der Waals surface area contributed by atoms with Gasteiger partial charge in [-0.3, -0.25) is 4.98 Å². The number of aromatic hydroxyl groups is 1. The molecule has 1 aromatic rings. The molecule has 0 spiro atoms. The van der Waals surface area contributed by atoms with Gasteiger partial charge < -0.3 is 5.11 Å². The average Bonchev–Trinajstić information content (AvgIpc) is 2.00. The maximum atomic E-state index is 10.6. The zero-order chi connectivity index (χ0) is 9.90. The first-order chi connectivity index (χ1) is 5.97. The summed E-state index contributed by atoms with van der Waals surface area (Å²) in [7, 11) is -3.44. The Morgan fingerprint density at radius 3 is 2.69 bits per heavy atom. The average molecular weight is 202 g/mol. The highest BCUT2D eigenvalue weighted by molar-refractivity contribution is 7.89. The Labute approximate surface area is 76.3 Å². The van der Waals surface area contributed by atoms with E-state index in [-0.39, 0.29) is 17.9 Å². The fourth-order valence-electron chi connectivity index (χ4n) is 0.871. The van der Waals surface area contributed by atoms with Gasteiger partial charge >= 0.3 is 0 Å². The Balaban J connectivity index is 2.65. The number of pyridine rings is 1. The molecule has 1 aromatic heterocycles. The lowest BCUT2D eigenvalue weighted by Gasteiger charge is -1.99. The molecule has 0 saturated heterocycles. The Bertz CT molecular complexity index is 388. The summed E-state index contributed by atoms with van der Waals surface area (Å²) in [5, 5.41) is 13.8. The second-order valence-corrected chi connectivity index (χ2v) is 4.40. The fraction of sp³-hybridized carbons (Fsp3) is 0.286. The third-order valence-electron chi connectivity index (χ3n) is 1.46. The van der Waals surface area contributed by atoms with Gasteiger partial charge in [0.2, 0.25) is 10.0 Å². The Hall–Kier alpha value is -1.14. The lowest BCUT2D eigenvalue weighted by molar-refractivity contribution is 0.472. The van der Waals surface area contributed by atoms with Crippen LogP contribution in [0.4, 0.5) is 0 Å². The number of rotatable bonds is 3. The minimum Gasteiger partial charge on any atom is -0.506 e. The van der Waals surface area contributed by atoms with E-state index in [9.17, 15) is 8.42 Å². The van der Waals surface area contributed by atoms with Crippen LogP contribution >= 0.6 is 0 Å². The summed E-state index contributed by atoms with van der Waals surface area (Å²) in [5.74, 6) is -0.120. The van der Waals surface area contributed by atoms with Crippen LogP contribution in [0.1, 0.15) is 5.56 Å². The predicted molar refractivity (Wildman–Crippen MR) is 47.6 cm³/mol. The van der Waals surface area contributed by atoms with Crippen molar-refractivity contribution in [1.29, 1.82) is 0 Å². The standard InChI is InChI=1S/C7H10N2O3S/c8-13(11,12)2-1-6-3-7(10)5-9-4-6/h3-5,10H,1-2H2,(H2,8,11,12). The first kappa shape index (κ1) is 9.94. The fourth-order valence-corrected chi connectivity index (χ4v) is 1.39. The molecule has 0 aliphatic heterocycles. The number of primary sulfonamides is 1. The Morgan fingerprint density at radius 2 is 2.15 bits per heavy atom. The molecule has 1 heterocycles. The van der Waals surface area contributed by atoms with Gasteiger partial charge in [0.1, 0.15) is 5.75 Å². The van der Waals surface area contributed by atoms with Crippen LogP contribution in [-0.2, 0) is 16.4 Å². The van der Waals surface area contributed by atoms with Crippen LogP contribution < -0.4 is 5.14 Å². The predicted octanol–water partition coefficient (Wildman–Crippen LogP) is -0.382. The summed E-state index contributed by atoms with van der Waals surface area (Å²) in [6.45, 7) is 0. The van der Waals surface area contributed by atoms with E-state index in [2.05, 4.69) is 4.98 Å². The highest BCUT2D eigenvalue weighted by Gasteiger charge is 2.03. The Kier molecular flexibility index (Phi) is 2.84. The van der Waals surface area contributed by atoms with Crippen molar-refractivity contribution in [2.24, 2.45) is 5.14 Å². The third kappa shape index (κ3) is 3.86. The minimum absolute atomic E-state index is 0.0203. The molecule has 13 heavy (non-hydrogen) atoms. The first-order valence-electron chi connectivity index (χ1n) is 3.61. The smallest absolute Gasteiger partial charge is 0.209 e. The normalized spacial score (nSPS) is 11.5. The number of nitrogens with zero attached hydrogens (tertiary/aromatic N) is 1. The summed E-state index contributed by atoms with van der Waals surface area (Å²) in [5.41, 5.74) is 0.647. The molecule has 0 aliphatic carbocycles. The topological polar surface area (TPSA) is 93.3 Å². The molecular weight excluding hydrogens is 192 g/mol. The lowest BCUT2D eigenvalue weighted by Crippen LogP contribution is -2.17. The Morgan fingerprint density at radius 1 is 1.46 bits per heavy atom. The van der Waals surface area contributed by atoms with Crippen LogP contribution in [0.2, 0.25) is 0 Å². The maximum Gasteiger partial charge on any atom is 0.209 e. The van der Waals surface area contributed by atoms with Crippen molar-refractivity contribution in [3.8, 4) is 5.75 Å². The molecule has 72 valence electrons. The largest absolute Gasteiger partial charge is 0.506 e. The van der Waals surface area contributed by atoms with Gasteiger partial charge in [0.05, 0.1) is 11.9 Å². The second kappa shape index (κ2) is 3.71. The number of hydrogen-bond donors (Lipinski definition) is 2. The van der Waals surface area contributed by atoms with Gasteiger partial charge in [-0.1, -0.05) is 0 Å². The van der Waals surface area contributed by atoms with Crippen molar-refractivity contribution < 1.29 is 13.5 Å². The van der Waals surface area contributed by atoms with Crippen molar-refractivity contribution >= 4 is 10.0 Å². The molecular formula is C7H10N2O3S. The zero-order valence-electron chi connectivity index (χ0n) is 6.84. The zero-order valence-corrected chi connectivity index (χ0v) is 7.66. The van der Waals surface area contributed by atoms with Crippen molar-refractivity contribution in [1.82, 2.24) is 4.98 Å². The summed E-state index contributed by atoms with van der Waals surface area (Å²) in [4.78, 5) is 3.70. The van der Waals surface area contributed by atoms with Gasteiger partial charge in [-0.05, 0) is 18.1 Å². The van der Waals surface area contributed by atoms with Crippen LogP contribution in [0.25, 0.3) is 0 Å². The molecule has 0 saturated carbocycles. The van der Waals surface area contributed by atoms with Crippen molar-refractivity contribution in [3.05, 3.63) is 24.0 Å². The number of sulfonamides is 1. The summed E-state index contributed by atoms with van der Waals surface area (Å²) < 4.78 is 21.2. The van der Waals surface area contributed by atoms with E-state index in [4.69, 9.17) is 10.2 Å². The number of aryl methyl sites for hydroxylation is 1. The van der Waals surface area contributed by atoms with Gasteiger partial charge in [-0.2, -0.15) is 0 Å². The summed E-state index contributed by atoms with van der Waals surface area (Å²) >= 11 is 0. The SMILES string of the molecule is NS(=O)(=O)CCc1cncc(O)c1. The maximum absolute atomic E-state index is 10.6. The van der Waals surface area contributed by atoms with E-state index >= 15 is 0 Å². The van der Waals surface area contributed by atoms with Crippen LogP contribution in [0.5, 0.6) is 5.75 Å². The van der Waals surface area contributed by atoms with Gasteiger partial charge in [0.25, 0.3) is 0 Å². The van der Waals surface area contributed by atoms with E-state index in [1.165, 1.54) is 18.5 Å². The van der Waals surface area contributed by atoms with Crippen molar-refractivity contribution in [2.45, 2.75) is 6.42 Å². The molecule has 0 unspecified atom stereocenters. The molecule has 1 rings (SSSR count). The number of aromatic nitrogens is 1. The van der Waals surface area contributed by atoms with E-state index in [0.29, 0.717) is 5.56 Å². The molecule has 0 fully saturated rings. The van der Waals surface area contributed by atoms with E-state index in [1.807, 2.05) is 0 Å². The molecule has 3 N–H and O–H groups in total.